The first-order chi connectivity index (χ1) is 5.63. The maximum atomic E-state index is 9.35. The SMILES string of the molecule is CN[C@@H]1[C@@H](O)[C@@H](O)[C@H](O)[C@H]1CO. The molecule has 1 aliphatic rings. The average molecular weight is 177 g/mol. The molecule has 0 amide bonds. The summed E-state index contributed by atoms with van der Waals surface area (Å²) in [4.78, 5) is 0. The molecule has 72 valence electrons. The predicted octanol–water partition coefficient (Wildman–Crippen LogP) is -2.72. The van der Waals surface area contributed by atoms with Crippen LogP contribution in [0.3, 0.4) is 0 Å². The molecular weight excluding hydrogens is 162 g/mol. The van der Waals surface area contributed by atoms with Gasteiger partial charge in [-0.1, -0.05) is 0 Å². The molecule has 1 saturated carbocycles. The number of likely N-dealkylation sites (N-methyl/N-ethyl adjacent to an activating group) is 1. The number of aliphatic hydroxyl groups is 4. The Kier molecular flexibility index (Phi) is 3.03. The van der Waals surface area contributed by atoms with Crippen LogP contribution in [0.1, 0.15) is 0 Å². The van der Waals surface area contributed by atoms with Crippen LogP contribution >= 0.6 is 0 Å². The molecule has 1 fully saturated rings. The summed E-state index contributed by atoms with van der Waals surface area (Å²) in [6, 6.07) is -0.444. The summed E-state index contributed by atoms with van der Waals surface area (Å²) >= 11 is 0. The smallest absolute Gasteiger partial charge is 0.108 e. The summed E-state index contributed by atoms with van der Waals surface area (Å²) in [6.07, 6.45) is -3.23. The van der Waals surface area contributed by atoms with E-state index in [4.69, 9.17) is 5.11 Å². The third-order valence-corrected chi connectivity index (χ3v) is 2.51. The van der Waals surface area contributed by atoms with Gasteiger partial charge in [-0.05, 0) is 7.05 Å². The van der Waals surface area contributed by atoms with E-state index in [1.807, 2.05) is 0 Å². The van der Waals surface area contributed by atoms with Crippen molar-refractivity contribution < 1.29 is 20.4 Å². The van der Waals surface area contributed by atoms with E-state index in [0.29, 0.717) is 0 Å². The molecule has 0 radical (unpaired) electrons. The van der Waals surface area contributed by atoms with Gasteiger partial charge < -0.3 is 25.7 Å². The van der Waals surface area contributed by atoms with Crippen molar-refractivity contribution in [1.82, 2.24) is 5.32 Å². The first kappa shape index (κ1) is 9.88. The van der Waals surface area contributed by atoms with E-state index in [1.54, 1.807) is 7.05 Å². The molecule has 1 aliphatic carbocycles. The summed E-state index contributed by atoms with van der Waals surface area (Å²) in [5.41, 5.74) is 0. The predicted molar refractivity (Wildman–Crippen MR) is 41.4 cm³/mol. The molecule has 5 nitrogen and oxygen atoms in total. The Labute approximate surface area is 70.6 Å². The minimum Gasteiger partial charge on any atom is -0.396 e. The van der Waals surface area contributed by atoms with Crippen molar-refractivity contribution >= 4 is 0 Å². The first-order valence-corrected chi connectivity index (χ1v) is 3.95. The quantitative estimate of drug-likeness (QED) is 0.316. The van der Waals surface area contributed by atoms with Gasteiger partial charge in [-0.2, -0.15) is 0 Å². The molecule has 0 aliphatic heterocycles. The second kappa shape index (κ2) is 3.68. The summed E-state index contributed by atoms with van der Waals surface area (Å²) in [5.74, 6) is -0.500. The molecule has 0 aromatic heterocycles. The summed E-state index contributed by atoms with van der Waals surface area (Å²) in [7, 11) is 1.61. The van der Waals surface area contributed by atoms with Gasteiger partial charge in [-0.25, -0.2) is 0 Å². The molecule has 0 heterocycles. The van der Waals surface area contributed by atoms with Crippen molar-refractivity contribution in [3.05, 3.63) is 0 Å². The van der Waals surface area contributed by atoms with Gasteiger partial charge in [0.15, 0.2) is 0 Å². The van der Waals surface area contributed by atoms with Gasteiger partial charge >= 0.3 is 0 Å². The Morgan fingerprint density at radius 2 is 1.67 bits per heavy atom. The molecule has 1 rings (SSSR count). The number of nitrogens with one attached hydrogen (secondary N) is 1. The molecule has 0 bridgehead atoms. The molecule has 0 aromatic rings. The number of hydrogen-bond donors (Lipinski definition) is 5. The van der Waals surface area contributed by atoms with Crippen LogP contribution in [0.2, 0.25) is 0 Å². The first-order valence-electron chi connectivity index (χ1n) is 3.95. The monoisotopic (exact) mass is 177 g/mol. The maximum Gasteiger partial charge on any atom is 0.108 e. The third kappa shape index (κ3) is 1.34. The highest BCUT2D eigenvalue weighted by molar-refractivity contribution is 5.01. The van der Waals surface area contributed by atoms with Gasteiger partial charge in [0.25, 0.3) is 0 Å². The lowest BCUT2D eigenvalue weighted by atomic mass is 10.0. The van der Waals surface area contributed by atoms with E-state index in [-0.39, 0.29) is 6.61 Å². The topological polar surface area (TPSA) is 93.0 Å². The zero-order valence-corrected chi connectivity index (χ0v) is 6.88. The van der Waals surface area contributed by atoms with Crippen LogP contribution in [0.25, 0.3) is 0 Å². The number of aliphatic hydroxyl groups excluding tert-OH is 4. The van der Waals surface area contributed by atoms with E-state index < -0.39 is 30.3 Å². The third-order valence-electron chi connectivity index (χ3n) is 2.51. The van der Waals surface area contributed by atoms with E-state index in [2.05, 4.69) is 5.32 Å². The van der Waals surface area contributed by atoms with Gasteiger partial charge in [0.2, 0.25) is 0 Å². The molecule has 0 aromatic carbocycles. The van der Waals surface area contributed by atoms with Crippen molar-refractivity contribution in [3.8, 4) is 0 Å². The number of rotatable bonds is 2. The highest BCUT2D eigenvalue weighted by Gasteiger charge is 2.47. The van der Waals surface area contributed by atoms with Crippen LogP contribution in [0.4, 0.5) is 0 Å². The van der Waals surface area contributed by atoms with Gasteiger partial charge in [0, 0.05) is 12.0 Å². The minimum atomic E-state index is -1.17. The summed E-state index contributed by atoms with van der Waals surface area (Å²) in [5, 5.41) is 39.5. The molecular formula is C7H15NO4. The van der Waals surface area contributed by atoms with Crippen LogP contribution in [-0.4, -0.2) is 58.4 Å². The fourth-order valence-corrected chi connectivity index (χ4v) is 1.74. The van der Waals surface area contributed by atoms with Crippen molar-refractivity contribution in [2.45, 2.75) is 24.4 Å². The van der Waals surface area contributed by atoms with Crippen molar-refractivity contribution in [2.24, 2.45) is 5.92 Å². The van der Waals surface area contributed by atoms with Crippen LogP contribution in [0.5, 0.6) is 0 Å². The molecule has 0 saturated heterocycles. The normalized spacial score (nSPS) is 48.2. The zero-order valence-electron chi connectivity index (χ0n) is 6.88. The van der Waals surface area contributed by atoms with E-state index >= 15 is 0 Å². The van der Waals surface area contributed by atoms with Gasteiger partial charge in [0.05, 0.1) is 18.8 Å². The van der Waals surface area contributed by atoms with Crippen molar-refractivity contribution in [1.29, 1.82) is 0 Å². The summed E-state index contributed by atoms with van der Waals surface area (Å²) < 4.78 is 0. The van der Waals surface area contributed by atoms with E-state index in [1.165, 1.54) is 0 Å². The maximum absolute atomic E-state index is 9.35. The van der Waals surface area contributed by atoms with Crippen molar-refractivity contribution in [2.75, 3.05) is 13.7 Å². The van der Waals surface area contributed by atoms with Crippen LogP contribution in [0.15, 0.2) is 0 Å². The largest absolute Gasteiger partial charge is 0.396 e. The molecule has 12 heavy (non-hydrogen) atoms. The lowest BCUT2D eigenvalue weighted by Crippen LogP contribution is -2.41. The highest BCUT2D eigenvalue weighted by atomic mass is 16.4. The molecule has 0 unspecified atom stereocenters. The van der Waals surface area contributed by atoms with Crippen LogP contribution < -0.4 is 5.32 Å². The molecule has 5 heteroatoms. The zero-order chi connectivity index (χ0) is 9.30. The molecule has 0 spiro atoms. The lowest BCUT2D eigenvalue weighted by molar-refractivity contribution is -0.0310. The molecule has 5 atom stereocenters. The fourth-order valence-electron chi connectivity index (χ4n) is 1.74. The van der Waals surface area contributed by atoms with E-state index in [9.17, 15) is 15.3 Å². The van der Waals surface area contributed by atoms with E-state index in [0.717, 1.165) is 0 Å². The molecule has 5 N–H and O–H groups in total. The van der Waals surface area contributed by atoms with Gasteiger partial charge in [-0.15, -0.1) is 0 Å². The Hall–Kier alpha value is -0.200. The van der Waals surface area contributed by atoms with Gasteiger partial charge in [-0.3, -0.25) is 0 Å². The number of hydrogen-bond acceptors (Lipinski definition) is 5. The second-order valence-electron chi connectivity index (χ2n) is 3.13. The Morgan fingerprint density at radius 3 is 2.00 bits per heavy atom. The second-order valence-corrected chi connectivity index (χ2v) is 3.13. The Balaban J connectivity index is 2.72. The van der Waals surface area contributed by atoms with Gasteiger partial charge in [0.1, 0.15) is 6.10 Å². The average Bonchev–Trinajstić information content (AvgIpc) is 2.29. The fraction of sp³-hybridized carbons (Fsp3) is 1.00. The standard InChI is InChI=1S/C7H15NO4/c1-8-4-3(2-9)5(10)7(12)6(4)11/h3-12H,2H2,1H3/t3-,4-,5+,6+,7-/m0/s1. The lowest BCUT2D eigenvalue weighted by Gasteiger charge is -2.19. The minimum absolute atomic E-state index is 0.249. The van der Waals surface area contributed by atoms with Crippen LogP contribution in [-0.2, 0) is 0 Å². The summed E-state index contributed by atoms with van der Waals surface area (Å²) in [6.45, 7) is -0.249. The van der Waals surface area contributed by atoms with Crippen LogP contribution in [0, 0.1) is 5.92 Å². The Morgan fingerprint density at radius 1 is 1.08 bits per heavy atom. The van der Waals surface area contributed by atoms with Crippen molar-refractivity contribution in [3.63, 3.8) is 0 Å². The Bertz CT molecular complexity index is 138. The highest BCUT2D eigenvalue weighted by Crippen LogP contribution is 2.26.